The standard InChI is InChI=1S/C14H23NOS/c1-3-8-15-9-13-4-6-14(7-5-13)17-11-12(2)10-16/h4-7,12,15-16H,3,8-11H2,1-2H3. The molecule has 0 bridgehead atoms. The van der Waals surface area contributed by atoms with Crippen molar-refractivity contribution < 1.29 is 5.11 Å². The van der Waals surface area contributed by atoms with Crippen LogP contribution in [0, 0.1) is 5.92 Å². The summed E-state index contributed by atoms with van der Waals surface area (Å²) in [6.45, 7) is 6.54. The molecule has 96 valence electrons. The second kappa shape index (κ2) is 8.56. The maximum atomic E-state index is 8.96. The first-order chi connectivity index (χ1) is 8.26. The van der Waals surface area contributed by atoms with Gasteiger partial charge in [-0.15, -0.1) is 11.8 Å². The summed E-state index contributed by atoms with van der Waals surface area (Å²) in [6, 6.07) is 8.68. The topological polar surface area (TPSA) is 32.3 Å². The maximum Gasteiger partial charge on any atom is 0.0464 e. The van der Waals surface area contributed by atoms with Gasteiger partial charge in [-0.1, -0.05) is 26.0 Å². The van der Waals surface area contributed by atoms with Crippen LogP contribution in [0.5, 0.6) is 0 Å². The average Bonchev–Trinajstić information content (AvgIpc) is 2.37. The van der Waals surface area contributed by atoms with E-state index in [0.29, 0.717) is 5.92 Å². The van der Waals surface area contributed by atoms with E-state index in [1.807, 2.05) is 11.8 Å². The van der Waals surface area contributed by atoms with Crippen molar-refractivity contribution in [1.29, 1.82) is 0 Å². The minimum atomic E-state index is 0.270. The summed E-state index contributed by atoms with van der Waals surface area (Å²) in [5, 5.41) is 12.3. The van der Waals surface area contributed by atoms with Gasteiger partial charge in [-0.2, -0.15) is 0 Å². The fourth-order valence-electron chi connectivity index (χ4n) is 1.40. The lowest BCUT2D eigenvalue weighted by molar-refractivity contribution is 0.250. The molecule has 0 fully saturated rings. The van der Waals surface area contributed by atoms with E-state index in [1.54, 1.807) is 0 Å². The molecule has 1 aromatic carbocycles. The summed E-state index contributed by atoms with van der Waals surface area (Å²) in [6.07, 6.45) is 1.17. The van der Waals surface area contributed by atoms with E-state index in [-0.39, 0.29) is 6.61 Å². The normalized spacial score (nSPS) is 12.6. The Bertz CT molecular complexity index is 300. The third-order valence-corrected chi connectivity index (χ3v) is 3.87. The SMILES string of the molecule is CCCNCc1ccc(SCC(C)CO)cc1. The molecule has 3 heteroatoms. The monoisotopic (exact) mass is 253 g/mol. The smallest absolute Gasteiger partial charge is 0.0464 e. The lowest BCUT2D eigenvalue weighted by atomic mass is 10.2. The fourth-order valence-corrected chi connectivity index (χ4v) is 2.32. The molecule has 0 heterocycles. The zero-order chi connectivity index (χ0) is 12.5. The third kappa shape index (κ3) is 6.10. The van der Waals surface area contributed by atoms with Crippen LogP contribution in [-0.4, -0.2) is 24.0 Å². The van der Waals surface area contributed by atoms with Gasteiger partial charge in [0.25, 0.3) is 0 Å². The summed E-state index contributed by atoms with van der Waals surface area (Å²) in [5.41, 5.74) is 1.33. The Hall–Kier alpha value is -0.510. The molecule has 0 saturated heterocycles. The highest BCUT2D eigenvalue weighted by molar-refractivity contribution is 7.99. The first kappa shape index (κ1) is 14.6. The average molecular weight is 253 g/mol. The number of nitrogens with one attached hydrogen (secondary N) is 1. The van der Waals surface area contributed by atoms with Gasteiger partial charge in [0.1, 0.15) is 0 Å². The minimum Gasteiger partial charge on any atom is -0.396 e. The van der Waals surface area contributed by atoms with Crippen molar-refractivity contribution in [2.24, 2.45) is 5.92 Å². The highest BCUT2D eigenvalue weighted by atomic mass is 32.2. The van der Waals surface area contributed by atoms with Crippen LogP contribution in [-0.2, 0) is 6.54 Å². The Morgan fingerprint density at radius 2 is 2.00 bits per heavy atom. The van der Waals surface area contributed by atoms with Crippen molar-refractivity contribution in [3.8, 4) is 0 Å². The Morgan fingerprint density at radius 1 is 1.29 bits per heavy atom. The molecule has 1 atom stereocenters. The summed E-state index contributed by atoms with van der Waals surface area (Å²) in [7, 11) is 0. The maximum absolute atomic E-state index is 8.96. The second-order valence-electron chi connectivity index (χ2n) is 4.42. The zero-order valence-electron chi connectivity index (χ0n) is 10.8. The molecular formula is C14H23NOS. The highest BCUT2D eigenvalue weighted by Crippen LogP contribution is 2.20. The Morgan fingerprint density at radius 3 is 2.59 bits per heavy atom. The Balaban J connectivity index is 2.34. The number of rotatable bonds is 8. The molecular weight excluding hydrogens is 230 g/mol. The Kier molecular flexibility index (Phi) is 7.33. The molecule has 2 nitrogen and oxygen atoms in total. The van der Waals surface area contributed by atoms with Gasteiger partial charge in [0, 0.05) is 23.8 Å². The van der Waals surface area contributed by atoms with Gasteiger partial charge in [-0.3, -0.25) is 0 Å². The van der Waals surface area contributed by atoms with Crippen molar-refractivity contribution in [1.82, 2.24) is 5.32 Å². The van der Waals surface area contributed by atoms with Crippen LogP contribution in [0.15, 0.2) is 29.2 Å². The summed E-state index contributed by atoms with van der Waals surface area (Å²) < 4.78 is 0. The summed E-state index contributed by atoms with van der Waals surface area (Å²) in [5.74, 6) is 1.34. The number of benzene rings is 1. The lowest BCUT2D eigenvalue weighted by Crippen LogP contribution is -2.13. The van der Waals surface area contributed by atoms with Gasteiger partial charge in [0.15, 0.2) is 0 Å². The third-order valence-electron chi connectivity index (χ3n) is 2.53. The molecule has 0 saturated carbocycles. The molecule has 1 aromatic rings. The van der Waals surface area contributed by atoms with Gasteiger partial charge in [-0.25, -0.2) is 0 Å². The van der Waals surface area contributed by atoms with Gasteiger partial charge >= 0.3 is 0 Å². The van der Waals surface area contributed by atoms with E-state index in [1.165, 1.54) is 16.9 Å². The molecule has 0 aromatic heterocycles. The first-order valence-electron chi connectivity index (χ1n) is 6.29. The van der Waals surface area contributed by atoms with Gasteiger partial charge in [0.2, 0.25) is 0 Å². The summed E-state index contributed by atoms with van der Waals surface area (Å²) >= 11 is 1.81. The number of aliphatic hydroxyl groups is 1. The van der Waals surface area contributed by atoms with E-state index in [9.17, 15) is 0 Å². The van der Waals surface area contributed by atoms with Crippen LogP contribution in [0.2, 0.25) is 0 Å². The molecule has 0 aliphatic carbocycles. The molecule has 0 radical (unpaired) electrons. The minimum absolute atomic E-state index is 0.270. The molecule has 1 unspecified atom stereocenters. The molecule has 0 spiro atoms. The van der Waals surface area contributed by atoms with Crippen molar-refractivity contribution in [3.63, 3.8) is 0 Å². The van der Waals surface area contributed by atoms with Crippen LogP contribution >= 0.6 is 11.8 Å². The molecule has 0 amide bonds. The summed E-state index contributed by atoms with van der Waals surface area (Å²) in [4.78, 5) is 1.28. The lowest BCUT2D eigenvalue weighted by Gasteiger charge is -2.08. The van der Waals surface area contributed by atoms with Crippen molar-refractivity contribution >= 4 is 11.8 Å². The van der Waals surface area contributed by atoms with Gasteiger partial charge < -0.3 is 10.4 Å². The molecule has 1 rings (SSSR count). The zero-order valence-corrected chi connectivity index (χ0v) is 11.6. The Labute approximate surface area is 109 Å². The van der Waals surface area contributed by atoms with E-state index >= 15 is 0 Å². The van der Waals surface area contributed by atoms with E-state index in [2.05, 4.69) is 43.4 Å². The van der Waals surface area contributed by atoms with Crippen LogP contribution in [0.3, 0.4) is 0 Å². The largest absolute Gasteiger partial charge is 0.396 e. The number of hydrogen-bond acceptors (Lipinski definition) is 3. The van der Waals surface area contributed by atoms with Crippen molar-refractivity contribution in [3.05, 3.63) is 29.8 Å². The molecule has 2 N–H and O–H groups in total. The van der Waals surface area contributed by atoms with Crippen molar-refractivity contribution in [2.45, 2.75) is 31.7 Å². The molecule has 17 heavy (non-hydrogen) atoms. The predicted octanol–water partition coefficient (Wildman–Crippen LogP) is 2.91. The number of aliphatic hydroxyl groups excluding tert-OH is 1. The molecule has 0 aliphatic heterocycles. The van der Waals surface area contributed by atoms with Crippen LogP contribution in [0.1, 0.15) is 25.8 Å². The van der Waals surface area contributed by atoms with E-state index in [4.69, 9.17) is 5.11 Å². The van der Waals surface area contributed by atoms with Crippen molar-refractivity contribution in [2.75, 3.05) is 18.9 Å². The van der Waals surface area contributed by atoms with Crippen LogP contribution in [0.25, 0.3) is 0 Å². The van der Waals surface area contributed by atoms with Crippen LogP contribution in [0.4, 0.5) is 0 Å². The van der Waals surface area contributed by atoms with Gasteiger partial charge in [0.05, 0.1) is 0 Å². The number of hydrogen-bond donors (Lipinski definition) is 2. The second-order valence-corrected chi connectivity index (χ2v) is 5.51. The van der Waals surface area contributed by atoms with E-state index < -0.39 is 0 Å². The first-order valence-corrected chi connectivity index (χ1v) is 7.28. The van der Waals surface area contributed by atoms with Gasteiger partial charge in [-0.05, 0) is 36.6 Å². The fraction of sp³-hybridized carbons (Fsp3) is 0.571. The van der Waals surface area contributed by atoms with Crippen LogP contribution < -0.4 is 5.32 Å². The van der Waals surface area contributed by atoms with E-state index in [0.717, 1.165) is 18.8 Å². The quantitative estimate of drug-likeness (QED) is 0.552. The number of thioether (sulfide) groups is 1. The highest BCUT2D eigenvalue weighted by Gasteiger charge is 2.01. The molecule has 0 aliphatic rings. The predicted molar refractivity (Wildman–Crippen MR) is 75.4 cm³/mol.